The summed E-state index contributed by atoms with van der Waals surface area (Å²) in [5, 5.41) is 0. The minimum absolute atomic E-state index is 0.00685. The zero-order valence-corrected chi connectivity index (χ0v) is 9.88. The number of hydrogen-bond acceptors (Lipinski definition) is 2. The Bertz CT molecular complexity index is 172. The molecule has 3 unspecified atom stereocenters. The van der Waals surface area contributed by atoms with Crippen LogP contribution in [0, 0.1) is 5.92 Å². The van der Waals surface area contributed by atoms with Crippen LogP contribution in [-0.4, -0.2) is 18.2 Å². The van der Waals surface area contributed by atoms with Crippen molar-refractivity contribution < 1.29 is 4.74 Å². The van der Waals surface area contributed by atoms with Gasteiger partial charge in [0.05, 0.1) is 11.7 Å². The summed E-state index contributed by atoms with van der Waals surface area (Å²) in [4.78, 5) is 0. The summed E-state index contributed by atoms with van der Waals surface area (Å²) in [6, 6.07) is 0. The van der Waals surface area contributed by atoms with Crippen molar-refractivity contribution in [2.45, 2.75) is 64.6 Å². The van der Waals surface area contributed by atoms with Crippen molar-refractivity contribution in [1.29, 1.82) is 0 Å². The molecular weight excluding hydrogens is 174 g/mol. The van der Waals surface area contributed by atoms with Crippen molar-refractivity contribution in [2.24, 2.45) is 11.7 Å². The topological polar surface area (TPSA) is 35.2 Å². The molecule has 1 saturated carbocycles. The molecule has 0 saturated heterocycles. The lowest BCUT2D eigenvalue weighted by molar-refractivity contribution is -0.111. The third-order valence-corrected chi connectivity index (χ3v) is 3.45. The summed E-state index contributed by atoms with van der Waals surface area (Å²) in [5.41, 5.74) is 5.87. The van der Waals surface area contributed by atoms with Crippen molar-refractivity contribution >= 4 is 0 Å². The maximum absolute atomic E-state index is 6.12. The van der Waals surface area contributed by atoms with Gasteiger partial charge in [-0.3, -0.25) is 0 Å². The van der Waals surface area contributed by atoms with Crippen LogP contribution in [0.25, 0.3) is 0 Å². The number of hydrogen-bond donors (Lipinski definition) is 1. The van der Waals surface area contributed by atoms with Crippen molar-refractivity contribution in [3.63, 3.8) is 0 Å². The summed E-state index contributed by atoms with van der Waals surface area (Å²) >= 11 is 0. The second-order valence-electron chi connectivity index (χ2n) is 4.93. The van der Waals surface area contributed by atoms with Crippen LogP contribution in [-0.2, 0) is 4.74 Å². The van der Waals surface area contributed by atoms with Gasteiger partial charge in [-0.25, -0.2) is 0 Å². The minimum atomic E-state index is -0.00685. The molecule has 14 heavy (non-hydrogen) atoms. The highest BCUT2D eigenvalue weighted by Gasteiger charge is 2.35. The van der Waals surface area contributed by atoms with E-state index in [0.717, 1.165) is 25.2 Å². The summed E-state index contributed by atoms with van der Waals surface area (Å²) in [6.07, 6.45) is 6.34. The molecule has 1 fully saturated rings. The molecule has 1 aliphatic carbocycles. The molecule has 0 aromatic heterocycles. The first-order chi connectivity index (χ1) is 6.62. The Morgan fingerprint density at radius 3 is 2.79 bits per heavy atom. The standard InChI is InChI=1S/C12H25NO/c1-4-11(3)14-12(9-13)7-5-6-10(2)8-12/h10-11H,4-9,13H2,1-3H3. The van der Waals surface area contributed by atoms with Crippen LogP contribution in [0.1, 0.15) is 52.9 Å². The highest BCUT2D eigenvalue weighted by atomic mass is 16.5. The van der Waals surface area contributed by atoms with Crippen LogP contribution in [0.15, 0.2) is 0 Å². The van der Waals surface area contributed by atoms with E-state index in [1.165, 1.54) is 12.8 Å². The third kappa shape index (κ3) is 2.96. The first kappa shape index (κ1) is 12.0. The monoisotopic (exact) mass is 199 g/mol. The molecule has 2 N–H and O–H groups in total. The molecule has 0 heterocycles. The van der Waals surface area contributed by atoms with Gasteiger partial charge < -0.3 is 10.5 Å². The van der Waals surface area contributed by atoms with E-state index >= 15 is 0 Å². The lowest BCUT2D eigenvalue weighted by Gasteiger charge is -2.41. The predicted molar refractivity (Wildman–Crippen MR) is 60.3 cm³/mol. The van der Waals surface area contributed by atoms with Crippen molar-refractivity contribution in [1.82, 2.24) is 0 Å². The Morgan fingerprint density at radius 2 is 2.29 bits per heavy atom. The van der Waals surface area contributed by atoms with Gasteiger partial charge in [0.25, 0.3) is 0 Å². The highest BCUT2D eigenvalue weighted by Crippen LogP contribution is 2.35. The van der Waals surface area contributed by atoms with Crippen LogP contribution < -0.4 is 5.73 Å². The Labute approximate surface area is 88.2 Å². The van der Waals surface area contributed by atoms with Gasteiger partial charge in [-0.05, 0) is 32.1 Å². The maximum atomic E-state index is 6.12. The van der Waals surface area contributed by atoms with Crippen LogP contribution in [0.2, 0.25) is 0 Å². The van der Waals surface area contributed by atoms with E-state index in [-0.39, 0.29) is 5.60 Å². The summed E-state index contributed by atoms with van der Waals surface area (Å²) in [5.74, 6) is 0.774. The zero-order valence-electron chi connectivity index (χ0n) is 9.88. The second-order valence-corrected chi connectivity index (χ2v) is 4.93. The fourth-order valence-electron chi connectivity index (χ4n) is 2.46. The number of rotatable bonds is 4. The van der Waals surface area contributed by atoms with Crippen molar-refractivity contribution in [3.05, 3.63) is 0 Å². The maximum Gasteiger partial charge on any atom is 0.0810 e. The summed E-state index contributed by atoms with van der Waals surface area (Å²) in [7, 11) is 0. The summed E-state index contributed by atoms with van der Waals surface area (Å²) in [6.45, 7) is 7.31. The van der Waals surface area contributed by atoms with E-state index in [0.29, 0.717) is 12.6 Å². The fourth-order valence-corrected chi connectivity index (χ4v) is 2.46. The van der Waals surface area contributed by atoms with E-state index in [1.807, 2.05) is 0 Å². The molecule has 0 amide bonds. The Balaban J connectivity index is 2.55. The molecule has 2 heteroatoms. The minimum Gasteiger partial charge on any atom is -0.371 e. The zero-order chi connectivity index (χ0) is 10.6. The number of ether oxygens (including phenoxy) is 1. The molecule has 0 aromatic carbocycles. The normalized spacial score (nSPS) is 35.6. The average Bonchev–Trinajstić information content (AvgIpc) is 2.17. The predicted octanol–water partition coefficient (Wildman–Crippen LogP) is 2.71. The Morgan fingerprint density at radius 1 is 1.57 bits per heavy atom. The van der Waals surface area contributed by atoms with Gasteiger partial charge in [-0.2, -0.15) is 0 Å². The first-order valence-electron chi connectivity index (χ1n) is 6.00. The number of nitrogens with two attached hydrogens (primary N) is 1. The third-order valence-electron chi connectivity index (χ3n) is 3.45. The smallest absolute Gasteiger partial charge is 0.0810 e. The molecule has 3 atom stereocenters. The van der Waals surface area contributed by atoms with Gasteiger partial charge in [0, 0.05) is 6.54 Å². The SMILES string of the molecule is CCC(C)OC1(CN)CCCC(C)C1. The summed E-state index contributed by atoms with van der Waals surface area (Å²) < 4.78 is 6.12. The molecule has 1 aliphatic rings. The molecule has 0 bridgehead atoms. The molecular formula is C12H25NO. The van der Waals surface area contributed by atoms with Crippen LogP contribution in [0.4, 0.5) is 0 Å². The van der Waals surface area contributed by atoms with Crippen molar-refractivity contribution in [2.75, 3.05) is 6.54 Å². The van der Waals surface area contributed by atoms with E-state index in [2.05, 4.69) is 20.8 Å². The van der Waals surface area contributed by atoms with Crippen LogP contribution >= 0.6 is 0 Å². The molecule has 1 rings (SSSR count). The van der Waals surface area contributed by atoms with Gasteiger partial charge in [0.15, 0.2) is 0 Å². The lowest BCUT2D eigenvalue weighted by atomic mass is 9.78. The van der Waals surface area contributed by atoms with Gasteiger partial charge in [-0.15, -0.1) is 0 Å². The highest BCUT2D eigenvalue weighted by molar-refractivity contribution is 4.88. The second kappa shape index (κ2) is 5.13. The molecule has 0 aromatic rings. The average molecular weight is 199 g/mol. The molecule has 84 valence electrons. The quantitative estimate of drug-likeness (QED) is 0.755. The Kier molecular flexibility index (Phi) is 4.39. The molecule has 0 radical (unpaired) electrons. The lowest BCUT2D eigenvalue weighted by Crippen LogP contribution is -2.46. The first-order valence-corrected chi connectivity index (χ1v) is 6.00. The molecule has 2 nitrogen and oxygen atoms in total. The van der Waals surface area contributed by atoms with Crippen LogP contribution in [0.5, 0.6) is 0 Å². The largest absolute Gasteiger partial charge is 0.371 e. The Hall–Kier alpha value is -0.0800. The van der Waals surface area contributed by atoms with Gasteiger partial charge >= 0.3 is 0 Å². The van der Waals surface area contributed by atoms with Crippen LogP contribution in [0.3, 0.4) is 0 Å². The molecule has 0 aliphatic heterocycles. The fraction of sp³-hybridized carbons (Fsp3) is 1.00. The van der Waals surface area contributed by atoms with E-state index in [1.54, 1.807) is 0 Å². The molecule has 0 spiro atoms. The van der Waals surface area contributed by atoms with E-state index < -0.39 is 0 Å². The van der Waals surface area contributed by atoms with E-state index in [9.17, 15) is 0 Å². The van der Waals surface area contributed by atoms with Gasteiger partial charge in [0.2, 0.25) is 0 Å². The van der Waals surface area contributed by atoms with E-state index in [4.69, 9.17) is 10.5 Å². The van der Waals surface area contributed by atoms with Gasteiger partial charge in [0.1, 0.15) is 0 Å². The van der Waals surface area contributed by atoms with Crippen molar-refractivity contribution in [3.8, 4) is 0 Å². The van der Waals surface area contributed by atoms with Gasteiger partial charge in [-0.1, -0.05) is 26.7 Å².